The summed E-state index contributed by atoms with van der Waals surface area (Å²) in [5.74, 6) is 0.171. The number of nitrogens with one attached hydrogen (secondary N) is 1. The predicted molar refractivity (Wildman–Crippen MR) is 80.6 cm³/mol. The number of hydrogen-bond acceptors (Lipinski definition) is 4. The van der Waals surface area contributed by atoms with Crippen LogP contribution < -0.4 is 11.1 Å². The molecule has 21 heavy (non-hydrogen) atoms. The summed E-state index contributed by atoms with van der Waals surface area (Å²) in [5, 5.41) is 2.81. The molecule has 1 unspecified atom stereocenters. The molecular weight excluding hydrogens is 266 g/mol. The van der Waals surface area contributed by atoms with Crippen LogP contribution in [0.25, 0.3) is 0 Å². The molecule has 3 N–H and O–H groups in total. The normalized spacial score (nSPS) is 12.1. The zero-order valence-electron chi connectivity index (χ0n) is 12.2. The summed E-state index contributed by atoms with van der Waals surface area (Å²) in [5.41, 5.74) is 7.28. The summed E-state index contributed by atoms with van der Waals surface area (Å²) >= 11 is 0. The van der Waals surface area contributed by atoms with Crippen molar-refractivity contribution >= 4 is 5.91 Å². The van der Waals surface area contributed by atoms with E-state index < -0.39 is 0 Å². The number of amides is 1. The molecule has 0 fully saturated rings. The van der Waals surface area contributed by atoms with Gasteiger partial charge in [-0.1, -0.05) is 50.1 Å². The Balaban J connectivity index is 1.90. The van der Waals surface area contributed by atoms with Crippen molar-refractivity contribution < 1.29 is 9.21 Å². The van der Waals surface area contributed by atoms with E-state index >= 15 is 0 Å². The minimum atomic E-state index is -0.253. The fourth-order valence-electron chi connectivity index (χ4n) is 1.98. The highest BCUT2D eigenvalue weighted by Gasteiger charge is 2.16. The van der Waals surface area contributed by atoms with Crippen molar-refractivity contribution in [3.8, 4) is 0 Å². The summed E-state index contributed by atoms with van der Waals surface area (Å²) in [4.78, 5) is 16.2. The monoisotopic (exact) mass is 287 g/mol. The third kappa shape index (κ3) is 4.43. The van der Waals surface area contributed by atoms with Crippen molar-refractivity contribution in [1.29, 1.82) is 0 Å². The van der Waals surface area contributed by atoms with Gasteiger partial charge in [-0.15, -0.1) is 0 Å². The Morgan fingerprint density at radius 1 is 1.38 bits per heavy atom. The van der Waals surface area contributed by atoms with E-state index in [1.165, 1.54) is 6.26 Å². The second kappa shape index (κ2) is 7.59. The molecule has 5 nitrogen and oxygen atoms in total. The van der Waals surface area contributed by atoms with E-state index in [1.807, 2.05) is 30.3 Å². The van der Waals surface area contributed by atoms with E-state index in [9.17, 15) is 4.79 Å². The molecule has 0 radical (unpaired) electrons. The van der Waals surface area contributed by atoms with E-state index in [0.29, 0.717) is 12.4 Å². The van der Waals surface area contributed by atoms with Crippen molar-refractivity contribution in [2.24, 2.45) is 5.73 Å². The Bertz CT molecular complexity index is 566. The van der Waals surface area contributed by atoms with E-state index in [4.69, 9.17) is 10.2 Å². The second-order valence-corrected chi connectivity index (χ2v) is 4.99. The van der Waals surface area contributed by atoms with Crippen LogP contribution >= 0.6 is 0 Å². The van der Waals surface area contributed by atoms with Crippen LogP contribution in [0.4, 0.5) is 0 Å². The van der Waals surface area contributed by atoms with Gasteiger partial charge in [-0.2, -0.15) is 0 Å². The minimum absolute atomic E-state index is 0.249. The first-order chi connectivity index (χ1) is 10.2. The molecule has 112 valence electrons. The van der Waals surface area contributed by atoms with Crippen LogP contribution in [-0.4, -0.2) is 10.9 Å². The zero-order valence-corrected chi connectivity index (χ0v) is 12.2. The van der Waals surface area contributed by atoms with Crippen LogP contribution in [0, 0.1) is 0 Å². The maximum atomic E-state index is 12.0. The van der Waals surface area contributed by atoms with Gasteiger partial charge in [0.15, 0.2) is 5.69 Å². The van der Waals surface area contributed by atoms with E-state index in [1.54, 1.807) is 0 Å². The molecule has 0 bridgehead atoms. The number of hydrogen-bond donors (Lipinski definition) is 2. The fraction of sp³-hybridized carbons (Fsp3) is 0.375. The maximum absolute atomic E-state index is 12.0. The molecule has 1 amide bonds. The second-order valence-electron chi connectivity index (χ2n) is 4.99. The fourth-order valence-corrected chi connectivity index (χ4v) is 1.98. The van der Waals surface area contributed by atoms with Gasteiger partial charge < -0.3 is 15.5 Å². The summed E-state index contributed by atoms with van der Waals surface area (Å²) in [6.07, 6.45) is 4.25. The standard InChI is InChI=1S/C16H21N3O2/c1-2-3-9-13(17)16-19-14(11-21-16)15(20)18-10-12-7-5-4-6-8-12/h4-8,11,13H,2-3,9-10,17H2,1H3,(H,18,20). The van der Waals surface area contributed by atoms with Crippen LogP contribution in [0.15, 0.2) is 41.0 Å². The van der Waals surface area contributed by atoms with Gasteiger partial charge in [-0.25, -0.2) is 4.98 Å². The van der Waals surface area contributed by atoms with Crippen molar-refractivity contribution in [1.82, 2.24) is 10.3 Å². The zero-order chi connectivity index (χ0) is 15.1. The summed E-state index contributed by atoms with van der Waals surface area (Å²) in [6.45, 7) is 2.56. The molecule has 0 saturated heterocycles. The average molecular weight is 287 g/mol. The summed E-state index contributed by atoms with van der Waals surface area (Å²) in [7, 11) is 0. The van der Waals surface area contributed by atoms with Gasteiger partial charge in [-0.05, 0) is 12.0 Å². The third-order valence-electron chi connectivity index (χ3n) is 3.24. The van der Waals surface area contributed by atoms with Gasteiger partial charge in [-0.3, -0.25) is 4.79 Å². The van der Waals surface area contributed by atoms with Gasteiger partial charge >= 0.3 is 0 Å². The lowest BCUT2D eigenvalue weighted by molar-refractivity contribution is 0.0946. The van der Waals surface area contributed by atoms with E-state index in [-0.39, 0.29) is 17.6 Å². The molecule has 0 aliphatic carbocycles. The molecule has 1 atom stereocenters. The smallest absolute Gasteiger partial charge is 0.273 e. The third-order valence-corrected chi connectivity index (χ3v) is 3.24. The molecule has 0 aliphatic heterocycles. The number of carbonyl (C=O) groups is 1. The van der Waals surface area contributed by atoms with E-state index in [2.05, 4.69) is 17.2 Å². The summed E-state index contributed by atoms with van der Waals surface area (Å²) < 4.78 is 5.30. The maximum Gasteiger partial charge on any atom is 0.273 e. The van der Waals surface area contributed by atoms with Gasteiger partial charge in [0.05, 0.1) is 6.04 Å². The molecule has 1 aromatic carbocycles. The first-order valence-corrected chi connectivity index (χ1v) is 7.23. The van der Waals surface area contributed by atoms with Crippen LogP contribution in [-0.2, 0) is 6.54 Å². The molecule has 0 spiro atoms. The minimum Gasteiger partial charge on any atom is -0.446 e. The first-order valence-electron chi connectivity index (χ1n) is 7.23. The van der Waals surface area contributed by atoms with Gasteiger partial charge in [0.2, 0.25) is 5.89 Å². The number of oxazole rings is 1. The molecule has 0 aliphatic rings. The molecule has 1 heterocycles. The van der Waals surface area contributed by atoms with Crippen molar-refractivity contribution in [3.63, 3.8) is 0 Å². The highest BCUT2D eigenvalue weighted by atomic mass is 16.3. The van der Waals surface area contributed by atoms with Crippen molar-refractivity contribution in [3.05, 3.63) is 53.7 Å². The number of nitrogens with two attached hydrogens (primary N) is 1. The van der Waals surface area contributed by atoms with Gasteiger partial charge in [0.1, 0.15) is 6.26 Å². The SMILES string of the molecule is CCCCC(N)c1nc(C(=O)NCc2ccccc2)co1. The number of carbonyl (C=O) groups excluding carboxylic acids is 1. The van der Waals surface area contributed by atoms with Crippen LogP contribution in [0.3, 0.4) is 0 Å². The lowest BCUT2D eigenvalue weighted by Crippen LogP contribution is -2.23. The van der Waals surface area contributed by atoms with E-state index in [0.717, 1.165) is 24.8 Å². The van der Waals surface area contributed by atoms with Gasteiger partial charge in [0.25, 0.3) is 5.91 Å². The molecular formula is C16H21N3O2. The van der Waals surface area contributed by atoms with Crippen LogP contribution in [0.5, 0.6) is 0 Å². The molecule has 0 saturated carbocycles. The predicted octanol–water partition coefficient (Wildman–Crippen LogP) is 2.79. The topological polar surface area (TPSA) is 81.1 Å². The van der Waals surface area contributed by atoms with Crippen molar-refractivity contribution in [2.75, 3.05) is 0 Å². The number of unbranched alkanes of at least 4 members (excludes halogenated alkanes) is 1. The lowest BCUT2D eigenvalue weighted by atomic mass is 10.1. The quantitative estimate of drug-likeness (QED) is 0.820. The number of benzene rings is 1. The molecule has 2 aromatic rings. The van der Waals surface area contributed by atoms with Crippen LogP contribution in [0.1, 0.15) is 54.2 Å². The number of nitrogens with zero attached hydrogens (tertiary/aromatic N) is 1. The Labute approximate surface area is 124 Å². The summed E-state index contributed by atoms with van der Waals surface area (Å²) in [6, 6.07) is 9.46. The lowest BCUT2D eigenvalue weighted by Gasteiger charge is -2.05. The van der Waals surface area contributed by atoms with Crippen molar-refractivity contribution in [2.45, 2.75) is 38.8 Å². The highest BCUT2D eigenvalue weighted by Crippen LogP contribution is 2.16. The Morgan fingerprint density at radius 3 is 2.86 bits per heavy atom. The molecule has 5 heteroatoms. The largest absolute Gasteiger partial charge is 0.446 e. The van der Waals surface area contributed by atoms with Gasteiger partial charge in [0, 0.05) is 6.54 Å². The Morgan fingerprint density at radius 2 is 2.14 bits per heavy atom. The molecule has 2 rings (SSSR count). The first kappa shape index (κ1) is 15.3. The van der Waals surface area contributed by atoms with Crippen LogP contribution in [0.2, 0.25) is 0 Å². The Hall–Kier alpha value is -2.14. The highest BCUT2D eigenvalue weighted by molar-refractivity contribution is 5.91. The number of rotatable bonds is 7. The number of aromatic nitrogens is 1. The molecule has 1 aromatic heterocycles. The Kier molecular flexibility index (Phi) is 5.51. The average Bonchev–Trinajstić information content (AvgIpc) is 3.01.